The average molecular weight is 298 g/mol. The molecule has 0 fully saturated rings. The van der Waals surface area contributed by atoms with E-state index in [9.17, 15) is 9.18 Å². The van der Waals surface area contributed by atoms with E-state index in [4.69, 9.17) is 0 Å². The number of H-pyrrole nitrogens is 1. The van der Waals surface area contributed by atoms with Crippen LogP contribution in [0.3, 0.4) is 0 Å². The lowest BCUT2D eigenvalue weighted by Gasteiger charge is -2.15. The molecule has 1 aliphatic heterocycles. The standard InChI is InChI=1S/C16H15FN4O/c1-18-16(22)14-8-11(6-7-19-14)13-9-20-21-15(13)10-2-4-12(17)5-3-10/h2-6,8-9,19H,7H2,1H3,(H,18,22)(H,20,21). The number of allylic oxidation sites excluding steroid dienone is 2. The predicted octanol–water partition coefficient (Wildman–Crippen LogP) is 1.83. The molecule has 0 saturated carbocycles. The van der Waals surface area contributed by atoms with Gasteiger partial charge in [-0.1, -0.05) is 6.08 Å². The molecule has 0 bridgehead atoms. The first-order chi connectivity index (χ1) is 10.7. The van der Waals surface area contributed by atoms with Gasteiger partial charge in [0, 0.05) is 24.7 Å². The number of nitrogens with zero attached hydrogens (tertiary/aromatic N) is 1. The number of benzene rings is 1. The summed E-state index contributed by atoms with van der Waals surface area (Å²) >= 11 is 0. The molecule has 0 spiro atoms. The molecule has 0 saturated heterocycles. The molecule has 6 heteroatoms. The van der Waals surface area contributed by atoms with Crippen molar-refractivity contribution in [2.75, 3.05) is 13.6 Å². The Labute approximate surface area is 126 Å². The summed E-state index contributed by atoms with van der Waals surface area (Å²) in [6.07, 6.45) is 5.46. The van der Waals surface area contributed by atoms with Gasteiger partial charge in [-0.05, 0) is 35.9 Å². The molecule has 3 rings (SSSR count). The first-order valence-electron chi connectivity index (χ1n) is 6.86. The van der Waals surface area contributed by atoms with Gasteiger partial charge in [0.1, 0.15) is 11.5 Å². The van der Waals surface area contributed by atoms with E-state index in [-0.39, 0.29) is 11.7 Å². The number of aromatic nitrogens is 2. The van der Waals surface area contributed by atoms with Gasteiger partial charge in [-0.2, -0.15) is 5.10 Å². The van der Waals surface area contributed by atoms with Gasteiger partial charge in [-0.25, -0.2) is 4.39 Å². The van der Waals surface area contributed by atoms with Gasteiger partial charge in [0.15, 0.2) is 0 Å². The van der Waals surface area contributed by atoms with Crippen molar-refractivity contribution < 1.29 is 9.18 Å². The number of likely N-dealkylation sites (N-methyl/N-ethyl adjacent to an activating group) is 1. The third kappa shape index (κ3) is 2.63. The smallest absolute Gasteiger partial charge is 0.267 e. The average Bonchev–Trinajstić information content (AvgIpc) is 3.04. The highest BCUT2D eigenvalue weighted by Crippen LogP contribution is 2.29. The van der Waals surface area contributed by atoms with Crippen LogP contribution in [0, 0.1) is 5.82 Å². The molecular formula is C16H15FN4O. The van der Waals surface area contributed by atoms with Crippen molar-refractivity contribution >= 4 is 11.5 Å². The van der Waals surface area contributed by atoms with E-state index in [1.165, 1.54) is 12.1 Å². The van der Waals surface area contributed by atoms with Crippen LogP contribution in [0.5, 0.6) is 0 Å². The number of amides is 1. The SMILES string of the molecule is CNC(=O)C1=CC(c2cn[nH]c2-c2ccc(F)cc2)=CCN1. The molecule has 1 aromatic carbocycles. The quantitative estimate of drug-likeness (QED) is 0.809. The van der Waals surface area contributed by atoms with E-state index in [2.05, 4.69) is 20.8 Å². The molecule has 0 unspecified atom stereocenters. The lowest BCUT2D eigenvalue weighted by molar-refractivity contribution is -0.117. The Balaban J connectivity index is 1.98. The van der Waals surface area contributed by atoms with Crippen molar-refractivity contribution in [1.29, 1.82) is 0 Å². The van der Waals surface area contributed by atoms with Crippen LogP contribution in [0.2, 0.25) is 0 Å². The highest BCUT2D eigenvalue weighted by atomic mass is 19.1. The van der Waals surface area contributed by atoms with Gasteiger partial charge in [0.2, 0.25) is 0 Å². The summed E-state index contributed by atoms with van der Waals surface area (Å²) in [6, 6.07) is 6.19. The third-order valence-corrected chi connectivity index (χ3v) is 3.47. The minimum absolute atomic E-state index is 0.169. The zero-order valence-electron chi connectivity index (χ0n) is 12.0. The third-order valence-electron chi connectivity index (χ3n) is 3.47. The highest BCUT2D eigenvalue weighted by molar-refractivity contribution is 5.97. The minimum Gasteiger partial charge on any atom is -0.377 e. The number of carbonyl (C=O) groups is 1. The Morgan fingerprint density at radius 1 is 1.32 bits per heavy atom. The Morgan fingerprint density at radius 3 is 2.82 bits per heavy atom. The molecule has 112 valence electrons. The molecular weight excluding hydrogens is 283 g/mol. The summed E-state index contributed by atoms with van der Waals surface area (Å²) < 4.78 is 13.1. The number of nitrogens with one attached hydrogen (secondary N) is 3. The highest BCUT2D eigenvalue weighted by Gasteiger charge is 2.16. The van der Waals surface area contributed by atoms with Gasteiger partial charge in [-0.15, -0.1) is 0 Å². The maximum Gasteiger partial charge on any atom is 0.267 e. The van der Waals surface area contributed by atoms with Crippen molar-refractivity contribution in [2.45, 2.75) is 0 Å². The van der Waals surface area contributed by atoms with Crippen LogP contribution < -0.4 is 10.6 Å². The van der Waals surface area contributed by atoms with Crippen LogP contribution in [-0.4, -0.2) is 29.7 Å². The fourth-order valence-corrected chi connectivity index (χ4v) is 2.35. The largest absolute Gasteiger partial charge is 0.377 e. The van der Waals surface area contributed by atoms with Crippen molar-refractivity contribution in [2.24, 2.45) is 0 Å². The lowest BCUT2D eigenvalue weighted by Crippen LogP contribution is -2.30. The maximum atomic E-state index is 13.1. The number of rotatable bonds is 3. The molecule has 1 aromatic heterocycles. The summed E-state index contributed by atoms with van der Waals surface area (Å²) in [5, 5.41) is 12.6. The summed E-state index contributed by atoms with van der Waals surface area (Å²) in [5.74, 6) is -0.454. The summed E-state index contributed by atoms with van der Waals surface area (Å²) in [4.78, 5) is 11.7. The molecule has 2 aromatic rings. The summed E-state index contributed by atoms with van der Waals surface area (Å²) in [7, 11) is 1.59. The lowest BCUT2D eigenvalue weighted by atomic mass is 9.99. The molecule has 1 aliphatic rings. The number of aromatic amines is 1. The van der Waals surface area contributed by atoms with Crippen LogP contribution in [0.4, 0.5) is 4.39 Å². The van der Waals surface area contributed by atoms with E-state index in [1.54, 1.807) is 31.5 Å². The normalized spacial score (nSPS) is 13.9. The molecule has 5 nitrogen and oxygen atoms in total. The molecule has 1 amide bonds. The topological polar surface area (TPSA) is 69.8 Å². The Hall–Kier alpha value is -2.89. The summed E-state index contributed by atoms with van der Waals surface area (Å²) in [5.41, 5.74) is 3.90. The minimum atomic E-state index is -0.285. The number of dihydropyridines is 1. The van der Waals surface area contributed by atoms with Crippen molar-refractivity contribution in [3.63, 3.8) is 0 Å². The summed E-state index contributed by atoms with van der Waals surface area (Å²) in [6.45, 7) is 0.558. The van der Waals surface area contributed by atoms with E-state index >= 15 is 0 Å². The van der Waals surface area contributed by atoms with Crippen molar-refractivity contribution in [3.05, 3.63) is 59.7 Å². The zero-order valence-corrected chi connectivity index (χ0v) is 12.0. The Bertz CT molecular complexity index is 759. The first-order valence-corrected chi connectivity index (χ1v) is 6.86. The van der Waals surface area contributed by atoms with Crippen LogP contribution in [0.1, 0.15) is 5.56 Å². The van der Waals surface area contributed by atoms with E-state index in [0.717, 1.165) is 22.4 Å². The van der Waals surface area contributed by atoms with Crippen molar-refractivity contribution in [1.82, 2.24) is 20.8 Å². The number of carbonyl (C=O) groups excluding carboxylic acids is 1. The number of hydrogen-bond acceptors (Lipinski definition) is 3. The number of hydrogen-bond donors (Lipinski definition) is 3. The zero-order chi connectivity index (χ0) is 15.5. The van der Waals surface area contributed by atoms with E-state index in [1.807, 2.05) is 6.08 Å². The van der Waals surface area contributed by atoms with E-state index < -0.39 is 0 Å². The number of halogens is 1. The van der Waals surface area contributed by atoms with Crippen molar-refractivity contribution in [3.8, 4) is 11.3 Å². The molecule has 0 aliphatic carbocycles. The second-order valence-corrected chi connectivity index (χ2v) is 4.84. The maximum absolute atomic E-state index is 13.1. The molecule has 2 heterocycles. The van der Waals surface area contributed by atoms with Crippen LogP contribution in [-0.2, 0) is 4.79 Å². The van der Waals surface area contributed by atoms with Gasteiger partial charge in [-0.3, -0.25) is 9.89 Å². The van der Waals surface area contributed by atoms with Gasteiger partial charge in [0.05, 0.1) is 11.9 Å². The fourth-order valence-electron chi connectivity index (χ4n) is 2.35. The molecule has 0 radical (unpaired) electrons. The monoisotopic (exact) mass is 298 g/mol. The van der Waals surface area contributed by atoms with Crippen LogP contribution >= 0.6 is 0 Å². The molecule has 0 atom stereocenters. The predicted molar refractivity (Wildman–Crippen MR) is 82.1 cm³/mol. The molecule has 3 N–H and O–H groups in total. The van der Waals surface area contributed by atoms with Crippen LogP contribution in [0.25, 0.3) is 16.8 Å². The van der Waals surface area contributed by atoms with Crippen LogP contribution in [0.15, 0.2) is 48.3 Å². The fraction of sp³-hybridized carbons (Fsp3) is 0.125. The van der Waals surface area contributed by atoms with Gasteiger partial charge < -0.3 is 10.6 Å². The second-order valence-electron chi connectivity index (χ2n) is 4.84. The second kappa shape index (κ2) is 5.85. The Morgan fingerprint density at radius 2 is 2.09 bits per heavy atom. The van der Waals surface area contributed by atoms with Gasteiger partial charge in [0.25, 0.3) is 5.91 Å². The first kappa shape index (κ1) is 14.1. The van der Waals surface area contributed by atoms with E-state index in [0.29, 0.717) is 12.2 Å². The van der Waals surface area contributed by atoms with Gasteiger partial charge >= 0.3 is 0 Å². The Kier molecular flexibility index (Phi) is 3.74. The molecule has 22 heavy (non-hydrogen) atoms.